The van der Waals surface area contributed by atoms with Crippen LogP contribution in [0.4, 0.5) is 0 Å². The number of nitrogens with one attached hydrogen (secondary N) is 1. The molecule has 1 aromatic carbocycles. The number of hydrogen-bond acceptors (Lipinski definition) is 3. The fraction of sp³-hybridized carbons (Fsp3) is 0.462. The molecule has 0 aromatic heterocycles. The molecule has 0 radical (unpaired) electrons. The first-order valence-electron chi connectivity index (χ1n) is 5.84. The van der Waals surface area contributed by atoms with E-state index in [4.69, 9.17) is 4.74 Å². The minimum absolute atomic E-state index is 0.0408. The molecule has 1 amide bonds. The van der Waals surface area contributed by atoms with E-state index < -0.39 is 0 Å². The number of carbonyl (C=O) groups is 1. The van der Waals surface area contributed by atoms with Gasteiger partial charge in [0, 0.05) is 17.6 Å². The first-order valence-corrected chi connectivity index (χ1v) is 6.63. The highest BCUT2D eigenvalue weighted by Crippen LogP contribution is 2.23. The molecule has 0 aliphatic carbocycles. The minimum atomic E-state index is 0.0408. The number of benzene rings is 1. The monoisotopic (exact) mass is 314 g/mol. The molecular formula is C13H19BrN2O2. The van der Waals surface area contributed by atoms with Gasteiger partial charge >= 0.3 is 0 Å². The molecular weight excluding hydrogens is 296 g/mol. The third-order valence-electron chi connectivity index (χ3n) is 2.48. The standard InChI is InChI=1S/C13H19BrN2O2/c1-4-15-13(17)9-16(2)8-10-7-11(18-3)5-6-12(10)14/h5-7H,4,8-9H2,1-3H3,(H,15,17). The van der Waals surface area contributed by atoms with Gasteiger partial charge in [-0.3, -0.25) is 9.69 Å². The van der Waals surface area contributed by atoms with Crippen LogP contribution < -0.4 is 10.1 Å². The van der Waals surface area contributed by atoms with Gasteiger partial charge in [-0.05, 0) is 37.7 Å². The van der Waals surface area contributed by atoms with E-state index in [1.165, 1.54) is 0 Å². The predicted octanol–water partition coefficient (Wildman–Crippen LogP) is 2.03. The van der Waals surface area contributed by atoms with E-state index in [1.54, 1.807) is 7.11 Å². The van der Waals surface area contributed by atoms with Crippen LogP contribution in [0.5, 0.6) is 5.75 Å². The smallest absolute Gasteiger partial charge is 0.234 e. The lowest BCUT2D eigenvalue weighted by atomic mass is 10.2. The molecule has 0 bridgehead atoms. The molecule has 0 atom stereocenters. The first-order chi connectivity index (χ1) is 8.56. The van der Waals surface area contributed by atoms with Crippen molar-refractivity contribution in [3.8, 4) is 5.75 Å². The van der Waals surface area contributed by atoms with Gasteiger partial charge in [-0.2, -0.15) is 0 Å². The number of ether oxygens (including phenoxy) is 1. The molecule has 4 nitrogen and oxygen atoms in total. The van der Waals surface area contributed by atoms with E-state index in [9.17, 15) is 4.79 Å². The largest absolute Gasteiger partial charge is 0.497 e. The van der Waals surface area contributed by atoms with Gasteiger partial charge in [0.05, 0.1) is 13.7 Å². The Morgan fingerprint density at radius 2 is 2.22 bits per heavy atom. The quantitative estimate of drug-likeness (QED) is 0.873. The van der Waals surface area contributed by atoms with Crippen molar-refractivity contribution >= 4 is 21.8 Å². The van der Waals surface area contributed by atoms with Gasteiger partial charge in [0.15, 0.2) is 0 Å². The Morgan fingerprint density at radius 1 is 1.50 bits per heavy atom. The number of rotatable bonds is 6. The molecule has 0 aliphatic heterocycles. The van der Waals surface area contributed by atoms with Gasteiger partial charge in [0.25, 0.3) is 0 Å². The lowest BCUT2D eigenvalue weighted by molar-refractivity contribution is -0.121. The molecule has 0 heterocycles. The molecule has 0 aliphatic rings. The van der Waals surface area contributed by atoms with Crippen LogP contribution in [0.3, 0.4) is 0 Å². The Bertz CT molecular complexity index is 410. The van der Waals surface area contributed by atoms with Gasteiger partial charge < -0.3 is 10.1 Å². The van der Waals surface area contributed by atoms with Crippen molar-refractivity contribution in [2.24, 2.45) is 0 Å². The molecule has 0 fully saturated rings. The van der Waals surface area contributed by atoms with E-state index in [2.05, 4.69) is 21.2 Å². The lowest BCUT2D eigenvalue weighted by Gasteiger charge is -2.17. The Morgan fingerprint density at radius 3 is 2.83 bits per heavy atom. The second-order valence-electron chi connectivity index (χ2n) is 4.08. The van der Waals surface area contributed by atoms with E-state index in [-0.39, 0.29) is 5.91 Å². The SMILES string of the molecule is CCNC(=O)CN(C)Cc1cc(OC)ccc1Br. The maximum atomic E-state index is 11.5. The lowest BCUT2D eigenvalue weighted by Crippen LogP contribution is -2.34. The van der Waals surface area contributed by atoms with Crippen LogP contribution in [0.25, 0.3) is 0 Å². The maximum absolute atomic E-state index is 11.5. The van der Waals surface area contributed by atoms with Crippen molar-refractivity contribution in [3.05, 3.63) is 28.2 Å². The fourth-order valence-corrected chi connectivity index (χ4v) is 2.02. The summed E-state index contributed by atoms with van der Waals surface area (Å²) < 4.78 is 6.21. The van der Waals surface area contributed by atoms with Crippen LogP contribution >= 0.6 is 15.9 Å². The van der Waals surface area contributed by atoms with Gasteiger partial charge in [0.2, 0.25) is 5.91 Å². The summed E-state index contributed by atoms with van der Waals surface area (Å²) >= 11 is 3.50. The topological polar surface area (TPSA) is 41.6 Å². The summed E-state index contributed by atoms with van der Waals surface area (Å²) in [5.74, 6) is 0.860. The zero-order valence-electron chi connectivity index (χ0n) is 11.0. The third-order valence-corrected chi connectivity index (χ3v) is 3.25. The van der Waals surface area contributed by atoms with Crippen molar-refractivity contribution in [2.45, 2.75) is 13.5 Å². The van der Waals surface area contributed by atoms with Crippen LogP contribution in [0, 0.1) is 0 Å². The molecule has 0 saturated heterocycles. The van der Waals surface area contributed by atoms with Crippen LogP contribution in [0.15, 0.2) is 22.7 Å². The van der Waals surface area contributed by atoms with Crippen LogP contribution in [-0.2, 0) is 11.3 Å². The highest BCUT2D eigenvalue weighted by atomic mass is 79.9. The maximum Gasteiger partial charge on any atom is 0.234 e. The number of halogens is 1. The molecule has 5 heteroatoms. The molecule has 0 saturated carbocycles. The van der Waals surface area contributed by atoms with Crippen LogP contribution in [0.2, 0.25) is 0 Å². The summed E-state index contributed by atoms with van der Waals surface area (Å²) in [6.45, 7) is 3.65. The number of nitrogens with zero attached hydrogens (tertiary/aromatic N) is 1. The summed E-state index contributed by atoms with van der Waals surface area (Å²) in [7, 11) is 3.56. The summed E-state index contributed by atoms with van der Waals surface area (Å²) in [6.07, 6.45) is 0. The number of methoxy groups -OCH3 is 1. The second kappa shape index (κ2) is 7.38. The van der Waals surface area contributed by atoms with Gasteiger partial charge in [-0.15, -0.1) is 0 Å². The predicted molar refractivity (Wildman–Crippen MR) is 75.7 cm³/mol. The molecule has 0 unspecified atom stereocenters. The van der Waals surface area contributed by atoms with Crippen LogP contribution in [-0.4, -0.2) is 38.1 Å². The van der Waals surface area contributed by atoms with E-state index in [1.807, 2.05) is 37.1 Å². The van der Waals surface area contributed by atoms with Crippen molar-refractivity contribution in [1.29, 1.82) is 0 Å². The summed E-state index contributed by atoms with van der Waals surface area (Å²) in [5, 5.41) is 2.78. The van der Waals surface area contributed by atoms with Gasteiger partial charge in [-0.1, -0.05) is 15.9 Å². The summed E-state index contributed by atoms with van der Waals surface area (Å²) in [4.78, 5) is 13.4. The number of carbonyl (C=O) groups excluding carboxylic acids is 1. The number of hydrogen-bond donors (Lipinski definition) is 1. The summed E-state index contributed by atoms with van der Waals surface area (Å²) in [6, 6.07) is 5.82. The molecule has 100 valence electrons. The zero-order valence-corrected chi connectivity index (χ0v) is 12.6. The molecule has 1 rings (SSSR count). The van der Waals surface area contributed by atoms with Crippen LogP contribution in [0.1, 0.15) is 12.5 Å². The number of amides is 1. The zero-order chi connectivity index (χ0) is 13.5. The van der Waals surface area contributed by atoms with E-state index in [0.717, 1.165) is 15.8 Å². The Hall–Kier alpha value is -1.07. The summed E-state index contributed by atoms with van der Waals surface area (Å²) in [5.41, 5.74) is 1.10. The normalized spacial score (nSPS) is 10.5. The average molecular weight is 315 g/mol. The highest BCUT2D eigenvalue weighted by molar-refractivity contribution is 9.10. The Balaban J connectivity index is 2.63. The Kier molecular flexibility index (Phi) is 6.15. The fourth-order valence-electron chi connectivity index (χ4n) is 1.64. The molecule has 18 heavy (non-hydrogen) atoms. The van der Waals surface area contributed by atoms with E-state index in [0.29, 0.717) is 19.6 Å². The number of likely N-dealkylation sites (N-methyl/N-ethyl adjacent to an activating group) is 2. The van der Waals surface area contributed by atoms with Crippen molar-refractivity contribution in [3.63, 3.8) is 0 Å². The second-order valence-corrected chi connectivity index (χ2v) is 4.94. The van der Waals surface area contributed by atoms with Crippen molar-refractivity contribution < 1.29 is 9.53 Å². The van der Waals surface area contributed by atoms with Crippen molar-refractivity contribution in [1.82, 2.24) is 10.2 Å². The molecule has 0 spiro atoms. The molecule has 1 aromatic rings. The average Bonchev–Trinajstić information content (AvgIpc) is 2.32. The first kappa shape index (κ1) is 15.0. The highest BCUT2D eigenvalue weighted by Gasteiger charge is 2.09. The van der Waals surface area contributed by atoms with Gasteiger partial charge in [0.1, 0.15) is 5.75 Å². The van der Waals surface area contributed by atoms with E-state index >= 15 is 0 Å². The molecule has 1 N–H and O–H groups in total. The minimum Gasteiger partial charge on any atom is -0.497 e. The Labute approximate surface area is 116 Å². The van der Waals surface area contributed by atoms with Gasteiger partial charge in [-0.25, -0.2) is 0 Å². The third kappa shape index (κ3) is 4.66. The van der Waals surface area contributed by atoms with Crippen molar-refractivity contribution in [2.75, 3.05) is 27.2 Å².